The summed E-state index contributed by atoms with van der Waals surface area (Å²) in [6.45, 7) is 2.35. The number of rotatable bonds is 70. The van der Waals surface area contributed by atoms with Crippen molar-refractivity contribution < 1.29 is 75.8 Å². The molecular formula is C81H134O16P2. The van der Waals surface area contributed by atoms with E-state index < -0.39 is 91.5 Å². The lowest BCUT2D eigenvalue weighted by molar-refractivity contribution is -0.161. The number of hydrogen-bond acceptors (Lipinski definition) is 14. The number of carbonyl (C=O) groups is 3. The fraction of sp³-hybridized carbons (Fsp3) is 0.642. The minimum Gasteiger partial charge on any atom is -0.463 e. The average molecular weight is 1430 g/mol. The van der Waals surface area contributed by atoms with E-state index in [9.17, 15) is 43.5 Å². The van der Waals surface area contributed by atoms with Crippen LogP contribution >= 0.6 is 15.6 Å². The molecule has 0 fully saturated rings. The first-order valence-electron chi connectivity index (χ1n) is 37.8. The highest BCUT2D eigenvalue weighted by Crippen LogP contribution is 2.45. The molecule has 0 aliphatic carbocycles. The first kappa shape index (κ1) is 94.2. The largest absolute Gasteiger partial charge is 0.472 e. The van der Waals surface area contributed by atoms with Crippen molar-refractivity contribution in [2.24, 2.45) is 0 Å². The van der Waals surface area contributed by atoms with Crippen LogP contribution in [0.5, 0.6) is 0 Å². The zero-order valence-electron chi connectivity index (χ0n) is 61.4. The van der Waals surface area contributed by atoms with Gasteiger partial charge >= 0.3 is 33.6 Å². The normalized spacial score (nSPS) is 14.9. The third kappa shape index (κ3) is 74.2. The maximum atomic E-state index is 13.0. The molecule has 0 aromatic heterocycles. The van der Waals surface area contributed by atoms with Gasteiger partial charge in [-0.1, -0.05) is 269 Å². The Morgan fingerprint density at radius 2 is 0.535 bits per heavy atom. The van der Waals surface area contributed by atoms with Crippen molar-refractivity contribution in [3.8, 4) is 0 Å². The monoisotopic (exact) mass is 1420 g/mol. The van der Waals surface area contributed by atoms with Crippen LogP contribution in [0.2, 0.25) is 0 Å². The van der Waals surface area contributed by atoms with Gasteiger partial charge in [0.2, 0.25) is 0 Å². The number of ether oxygens (including phenoxy) is 3. The molecule has 564 valence electrons. The molecule has 0 aliphatic heterocycles. The van der Waals surface area contributed by atoms with Gasteiger partial charge in [-0.05, 0) is 148 Å². The van der Waals surface area contributed by atoms with Gasteiger partial charge < -0.3 is 34.2 Å². The van der Waals surface area contributed by atoms with Crippen molar-refractivity contribution in [3.63, 3.8) is 0 Å². The Hall–Kier alpha value is -4.83. The molecule has 0 aromatic rings. The Kier molecular flexibility index (Phi) is 69.4. The second-order valence-corrected chi connectivity index (χ2v) is 27.6. The van der Waals surface area contributed by atoms with E-state index in [1.165, 1.54) is 44.9 Å². The summed E-state index contributed by atoms with van der Waals surface area (Å²) in [4.78, 5) is 58.6. The fourth-order valence-electron chi connectivity index (χ4n) is 9.51. The Morgan fingerprint density at radius 3 is 0.859 bits per heavy atom. The number of hydrogen-bond donors (Lipinski definition) is 4. The van der Waals surface area contributed by atoms with Crippen LogP contribution < -0.4 is 0 Å². The van der Waals surface area contributed by atoms with Gasteiger partial charge in [-0.3, -0.25) is 32.5 Å². The molecule has 0 heterocycles. The molecule has 5 unspecified atom stereocenters. The van der Waals surface area contributed by atoms with Gasteiger partial charge in [0.1, 0.15) is 25.4 Å². The number of unbranched alkanes of at least 4 members (excludes halogenated alkanes) is 21. The number of allylic oxidation sites excluding steroid dienone is 26. The molecule has 99 heavy (non-hydrogen) atoms. The molecule has 0 aromatic carbocycles. The summed E-state index contributed by atoms with van der Waals surface area (Å²) >= 11 is 0. The van der Waals surface area contributed by atoms with Gasteiger partial charge in [-0.2, -0.15) is 0 Å². The molecular weight excluding hydrogens is 1290 g/mol. The molecule has 16 nitrogen and oxygen atoms in total. The maximum Gasteiger partial charge on any atom is 0.472 e. The zero-order valence-corrected chi connectivity index (χ0v) is 63.1. The van der Waals surface area contributed by atoms with E-state index in [2.05, 4.69) is 179 Å². The fourth-order valence-corrected chi connectivity index (χ4v) is 11.1. The number of aliphatic hydroxyl groups is 2. The second kappa shape index (κ2) is 72.9. The highest BCUT2D eigenvalue weighted by atomic mass is 31.2. The van der Waals surface area contributed by atoms with Gasteiger partial charge in [-0.15, -0.1) is 0 Å². The number of carbonyl (C=O) groups excluding carboxylic acids is 3. The van der Waals surface area contributed by atoms with Gasteiger partial charge in [0.05, 0.1) is 26.4 Å². The smallest absolute Gasteiger partial charge is 0.463 e. The van der Waals surface area contributed by atoms with Crippen LogP contribution in [0.3, 0.4) is 0 Å². The Bertz CT molecular complexity index is 2430. The lowest BCUT2D eigenvalue weighted by Crippen LogP contribution is -2.30. The lowest BCUT2D eigenvalue weighted by atomic mass is 10.1. The van der Waals surface area contributed by atoms with Crippen LogP contribution in [0.4, 0.5) is 0 Å². The molecule has 0 aliphatic rings. The van der Waals surface area contributed by atoms with Crippen molar-refractivity contribution in [3.05, 3.63) is 158 Å². The molecule has 0 saturated heterocycles. The van der Waals surface area contributed by atoms with Crippen LogP contribution in [-0.4, -0.2) is 95.9 Å². The van der Waals surface area contributed by atoms with Crippen molar-refractivity contribution in [1.29, 1.82) is 0 Å². The molecule has 0 rings (SSSR count). The maximum absolute atomic E-state index is 13.0. The number of phosphoric acid groups is 2. The summed E-state index contributed by atoms with van der Waals surface area (Å²) < 4.78 is 61.1. The number of esters is 3. The summed E-state index contributed by atoms with van der Waals surface area (Å²) in [5.41, 5.74) is 0. The minimum atomic E-state index is -4.95. The molecule has 5 atom stereocenters. The van der Waals surface area contributed by atoms with Gasteiger partial charge in [0, 0.05) is 19.3 Å². The molecule has 0 bridgehead atoms. The summed E-state index contributed by atoms with van der Waals surface area (Å²) in [7, 11) is -9.81. The third-order valence-electron chi connectivity index (χ3n) is 15.2. The number of aliphatic hydroxyl groups excluding tert-OH is 2. The first-order valence-corrected chi connectivity index (χ1v) is 40.8. The van der Waals surface area contributed by atoms with E-state index in [0.717, 1.165) is 173 Å². The van der Waals surface area contributed by atoms with Gasteiger partial charge in [-0.25, -0.2) is 9.13 Å². The highest BCUT2D eigenvalue weighted by molar-refractivity contribution is 7.47. The Labute approximate surface area is 600 Å². The van der Waals surface area contributed by atoms with Crippen molar-refractivity contribution >= 4 is 33.6 Å². The van der Waals surface area contributed by atoms with E-state index in [1.807, 2.05) is 0 Å². The van der Waals surface area contributed by atoms with Crippen LogP contribution in [0.25, 0.3) is 0 Å². The van der Waals surface area contributed by atoms with Crippen molar-refractivity contribution in [2.45, 2.75) is 296 Å². The summed E-state index contributed by atoms with van der Waals surface area (Å²) in [6.07, 6.45) is 89.9. The average Bonchev–Trinajstić information content (AvgIpc) is 2.90. The van der Waals surface area contributed by atoms with E-state index in [1.54, 1.807) is 0 Å². The Morgan fingerprint density at radius 1 is 0.293 bits per heavy atom. The molecule has 0 spiro atoms. The third-order valence-corrected chi connectivity index (χ3v) is 17.1. The van der Waals surface area contributed by atoms with Crippen LogP contribution in [0.15, 0.2) is 158 Å². The van der Waals surface area contributed by atoms with Crippen LogP contribution in [-0.2, 0) is 55.8 Å². The van der Waals surface area contributed by atoms with E-state index in [0.29, 0.717) is 19.3 Å². The van der Waals surface area contributed by atoms with E-state index in [-0.39, 0.29) is 19.3 Å². The first-order chi connectivity index (χ1) is 48.2. The molecule has 0 saturated carbocycles. The minimum absolute atomic E-state index is 0.0770. The Balaban J connectivity index is 4.70. The molecule has 0 radical (unpaired) electrons. The number of phosphoric ester groups is 2. The van der Waals surface area contributed by atoms with Gasteiger partial charge in [0.15, 0.2) is 6.10 Å². The molecule has 4 N–H and O–H groups in total. The predicted octanol–water partition coefficient (Wildman–Crippen LogP) is 21.9. The lowest BCUT2D eigenvalue weighted by Gasteiger charge is -2.21. The van der Waals surface area contributed by atoms with E-state index >= 15 is 0 Å². The summed E-state index contributed by atoms with van der Waals surface area (Å²) in [6, 6.07) is 0. The highest BCUT2D eigenvalue weighted by Gasteiger charge is 2.29. The van der Waals surface area contributed by atoms with Crippen LogP contribution in [0, 0.1) is 0 Å². The standard InChI is InChI=1S/C81H134O16P2/c1-4-7-10-13-16-19-22-25-28-31-34-35-36-37-38-39-42-44-46-49-52-55-58-61-64-67-79(84)91-70-76(82)71-93-98(87,88)94-72-77(83)73-95-99(89,90)96-75-78(97-81(86)69-66-63-60-57-54-51-48-45-41-33-30-27-24-21-18-15-12-9-6-3)74-92-80(85)68-65-62-59-56-53-50-47-43-40-32-29-26-23-20-17-14-11-8-5-2/h7-8,10-11,16-21,25-30,34-35,37-38,40-41,43,45,50,53,76-78,82-83H,4-6,9,12-15,22-24,31-33,36,39,42,44,46-49,51-52,54-75H2,1-3H3,(H,87,88)(H,89,90)/b10-7-,11-8-,19-16-,20-17-,21-18-,28-25-,29-26-,30-27-,35-34-,38-37-,43-40-,45-41-,53-50-. The molecule has 0 amide bonds. The van der Waals surface area contributed by atoms with Gasteiger partial charge in [0.25, 0.3) is 0 Å². The molecule has 18 heteroatoms. The topological polar surface area (TPSA) is 231 Å². The SMILES string of the molecule is CC/C=C\C/C=C\C/C=C\C/C=C\C/C=C\CCCCCCCCCCCC(=O)OCC(O)COP(=O)(O)OCC(O)COP(=O)(O)OCC(COC(=O)CCCCC/C=C\C/C=C\C/C=C\C/C=C\C/C=C\CC)OC(=O)CCCCCCCC/C=C\C/C=C\C/C=C\CCCCC. The van der Waals surface area contributed by atoms with E-state index in [4.69, 9.17) is 32.3 Å². The summed E-state index contributed by atoms with van der Waals surface area (Å²) in [5.74, 6) is -1.64. The van der Waals surface area contributed by atoms with Crippen molar-refractivity contribution in [1.82, 2.24) is 0 Å². The van der Waals surface area contributed by atoms with Crippen LogP contribution in [0.1, 0.15) is 278 Å². The predicted molar refractivity (Wildman–Crippen MR) is 408 cm³/mol. The summed E-state index contributed by atoms with van der Waals surface area (Å²) in [5, 5.41) is 20.6. The van der Waals surface area contributed by atoms with Crippen molar-refractivity contribution in [2.75, 3.05) is 39.6 Å². The quantitative estimate of drug-likeness (QED) is 0.0146. The second-order valence-electron chi connectivity index (χ2n) is 24.7. The zero-order chi connectivity index (χ0) is 72.3.